The molecular weight excluding hydrogens is 164 g/mol. The summed E-state index contributed by atoms with van der Waals surface area (Å²) >= 11 is 0. The molecular formula is C10H16N2O. The quantitative estimate of drug-likeness (QED) is 0.695. The summed E-state index contributed by atoms with van der Waals surface area (Å²) < 4.78 is 5.41. The Labute approximate surface area is 79.1 Å². The number of nitrogens with zero attached hydrogens (tertiary/aromatic N) is 1. The molecule has 0 bridgehead atoms. The van der Waals surface area contributed by atoms with E-state index in [1.165, 1.54) is 0 Å². The van der Waals surface area contributed by atoms with Crippen LogP contribution < -0.4 is 10.1 Å². The zero-order chi connectivity index (χ0) is 9.52. The molecule has 13 heavy (non-hydrogen) atoms. The molecule has 0 spiro atoms. The molecule has 3 nitrogen and oxygen atoms in total. The smallest absolute Gasteiger partial charge is 0.213 e. The first-order valence-electron chi connectivity index (χ1n) is 4.53. The van der Waals surface area contributed by atoms with E-state index in [0.29, 0.717) is 5.88 Å². The van der Waals surface area contributed by atoms with Crippen molar-refractivity contribution in [2.24, 2.45) is 0 Å². The Kier molecular flexibility index (Phi) is 4.26. The largest absolute Gasteiger partial charge is 0.478 e. The van der Waals surface area contributed by atoms with Crippen LogP contribution >= 0.6 is 0 Å². The van der Waals surface area contributed by atoms with E-state index in [1.54, 1.807) is 0 Å². The van der Waals surface area contributed by atoms with Gasteiger partial charge in [-0.1, -0.05) is 6.07 Å². The lowest BCUT2D eigenvalue weighted by Crippen LogP contribution is -2.11. The molecule has 0 atom stereocenters. The second-order valence-corrected chi connectivity index (χ2v) is 2.98. The van der Waals surface area contributed by atoms with Crippen molar-refractivity contribution in [1.29, 1.82) is 0 Å². The molecule has 0 radical (unpaired) electrons. The summed E-state index contributed by atoms with van der Waals surface area (Å²) in [5, 5.41) is 3.06. The number of ether oxygens (including phenoxy) is 1. The maximum absolute atomic E-state index is 5.41. The number of rotatable bonds is 5. The van der Waals surface area contributed by atoms with Crippen LogP contribution in [0.15, 0.2) is 18.3 Å². The number of aryl methyl sites for hydroxylation is 1. The van der Waals surface area contributed by atoms with Crippen LogP contribution in [0.5, 0.6) is 5.88 Å². The topological polar surface area (TPSA) is 34.1 Å². The maximum Gasteiger partial charge on any atom is 0.213 e. The van der Waals surface area contributed by atoms with E-state index in [2.05, 4.69) is 10.3 Å². The summed E-state index contributed by atoms with van der Waals surface area (Å²) in [5.41, 5.74) is 1.16. The predicted molar refractivity (Wildman–Crippen MR) is 53.0 cm³/mol. The Hall–Kier alpha value is -1.09. The first-order valence-corrected chi connectivity index (χ1v) is 4.53. The van der Waals surface area contributed by atoms with Gasteiger partial charge in [0.2, 0.25) is 5.88 Å². The molecule has 72 valence electrons. The Bertz CT molecular complexity index is 233. The van der Waals surface area contributed by atoms with Crippen LogP contribution in [0.2, 0.25) is 0 Å². The van der Waals surface area contributed by atoms with E-state index in [9.17, 15) is 0 Å². The zero-order valence-electron chi connectivity index (χ0n) is 8.21. The fourth-order valence-corrected chi connectivity index (χ4v) is 0.965. The molecule has 0 aromatic carbocycles. The van der Waals surface area contributed by atoms with Gasteiger partial charge in [0.1, 0.15) is 0 Å². The van der Waals surface area contributed by atoms with Gasteiger partial charge >= 0.3 is 0 Å². The number of nitrogens with one attached hydrogen (secondary N) is 1. The standard InChI is InChI=1S/C10H16N2O/c1-9-4-5-10(12-8-9)13-7-3-6-11-2/h4-5,8,11H,3,6-7H2,1-2H3. The summed E-state index contributed by atoms with van der Waals surface area (Å²) in [6.07, 6.45) is 2.82. The predicted octanol–water partition coefficient (Wildman–Crippen LogP) is 1.38. The molecule has 0 unspecified atom stereocenters. The van der Waals surface area contributed by atoms with Crippen LogP contribution in [0.1, 0.15) is 12.0 Å². The first-order chi connectivity index (χ1) is 6.33. The number of aromatic nitrogens is 1. The van der Waals surface area contributed by atoms with Crippen molar-refractivity contribution in [3.63, 3.8) is 0 Å². The average molecular weight is 180 g/mol. The molecule has 0 aliphatic carbocycles. The highest BCUT2D eigenvalue weighted by molar-refractivity contribution is 5.16. The van der Waals surface area contributed by atoms with E-state index < -0.39 is 0 Å². The van der Waals surface area contributed by atoms with Crippen LogP contribution in [-0.4, -0.2) is 25.2 Å². The fourth-order valence-electron chi connectivity index (χ4n) is 0.965. The highest BCUT2D eigenvalue weighted by Crippen LogP contribution is 2.06. The van der Waals surface area contributed by atoms with Crippen molar-refractivity contribution in [2.45, 2.75) is 13.3 Å². The number of hydrogen-bond acceptors (Lipinski definition) is 3. The average Bonchev–Trinajstić information content (AvgIpc) is 2.15. The lowest BCUT2D eigenvalue weighted by molar-refractivity contribution is 0.298. The van der Waals surface area contributed by atoms with E-state index in [1.807, 2.05) is 32.3 Å². The summed E-state index contributed by atoms with van der Waals surface area (Å²) in [6, 6.07) is 3.90. The van der Waals surface area contributed by atoms with Crippen molar-refractivity contribution in [3.05, 3.63) is 23.9 Å². The Balaban J connectivity index is 2.25. The SMILES string of the molecule is CNCCCOc1ccc(C)cn1. The molecule has 0 fully saturated rings. The molecule has 0 aliphatic heterocycles. The summed E-state index contributed by atoms with van der Waals surface area (Å²) in [7, 11) is 1.93. The normalized spacial score (nSPS) is 10.0. The van der Waals surface area contributed by atoms with Gasteiger partial charge < -0.3 is 10.1 Å². The van der Waals surface area contributed by atoms with E-state index >= 15 is 0 Å². The molecule has 1 heterocycles. The first kappa shape index (κ1) is 9.99. The van der Waals surface area contributed by atoms with Gasteiger partial charge in [-0.2, -0.15) is 0 Å². The van der Waals surface area contributed by atoms with Crippen LogP contribution in [0.25, 0.3) is 0 Å². The van der Waals surface area contributed by atoms with E-state index in [4.69, 9.17) is 4.74 Å². The Morgan fingerprint density at radius 1 is 1.46 bits per heavy atom. The number of pyridine rings is 1. The summed E-state index contributed by atoms with van der Waals surface area (Å²) in [5.74, 6) is 0.710. The molecule has 1 aromatic rings. The molecule has 1 aromatic heterocycles. The van der Waals surface area contributed by atoms with Gasteiger partial charge in [-0.15, -0.1) is 0 Å². The third-order valence-electron chi connectivity index (χ3n) is 1.71. The van der Waals surface area contributed by atoms with Crippen molar-refractivity contribution >= 4 is 0 Å². The van der Waals surface area contributed by atoms with Gasteiger partial charge in [0.05, 0.1) is 6.61 Å². The van der Waals surface area contributed by atoms with Crippen LogP contribution in [-0.2, 0) is 0 Å². The Morgan fingerprint density at radius 2 is 2.31 bits per heavy atom. The van der Waals surface area contributed by atoms with Crippen LogP contribution in [0.3, 0.4) is 0 Å². The molecule has 1 rings (SSSR count). The molecule has 3 heteroatoms. The van der Waals surface area contributed by atoms with Gasteiger partial charge in [0.25, 0.3) is 0 Å². The van der Waals surface area contributed by atoms with Crippen molar-refractivity contribution in [3.8, 4) is 5.88 Å². The zero-order valence-corrected chi connectivity index (χ0v) is 8.21. The van der Waals surface area contributed by atoms with Crippen molar-refractivity contribution in [1.82, 2.24) is 10.3 Å². The lowest BCUT2D eigenvalue weighted by atomic mass is 10.3. The van der Waals surface area contributed by atoms with Gasteiger partial charge in [-0.3, -0.25) is 0 Å². The Morgan fingerprint density at radius 3 is 2.92 bits per heavy atom. The maximum atomic E-state index is 5.41. The van der Waals surface area contributed by atoms with Crippen LogP contribution in [0.4, 0.5) is 0 Å². The lowest BCUT2D eigenvalue weighted by Gasteiger charge is -2.04. The van der Waals surface area contributed by atoms with Gasteiger partial charge in [0, 0.05) is 12.3 Å². The number of hydrogen-bond donors (Lipinski definition) is 1. The van der Waals surface area contributed by atoms with Crippen molar-refractivity contribution < 1.29 is 4.74 Å². The molecule has 0 amide bonds. The minimum atomic E-state index is 0.710. The van der Waals surface area contributed by atoms with Crippen LogP contribution in [0, 0.1) is 6.92 Å². The molecule has 0 saturated heterocycles. The van der Waals surface area contributed by atoms with E-state index in [0.717, 1.165) is 25.1 Å². The highest BCUT2D eigenvalue weighted by Gasteiger charge is 1.93. The van der Waals surface area contributed by atoms with Gasteiger partial charge in [0.15, 0.2) is 0 Å². The van der Waals surface area contributed by atoms with Crippen molar-refractivity contribution in [2.75, 3.05) is 20.2 Å². The third-order valence-corrected chi connectivity index (χ3v) is 1.71. The molecule has 1 N–H and O–H groups in total. The fraction of sp³-hybridized carbons (Fsp3) is 0.500. The molecule has 0 saturated carbocycles. The van der Waals surface area contributed by atoms with E-state index in [-0.39, 0.29) is 0 Å². The second-order valence-electron chi connectivity index (χ2n) is 2.98. The van der Waals surface area contributed by atoms with Gasteiger partial charge in [-0.25, -0.2) is 4.98 Å². The third kappa shape index (κ3) is 3.90. The summed E-state index contributed by atoms with van der Waals surface area (Å²) in [4.78, 5) is 4.13. The minimum absolute atomic E-state index is 0.710. The second kappa shape index (κ2) is 5.54. The van der Waals surface area contributed by atoms with Gasteiger partial charge in [-0.05, 0) is 32.5 Å². The highest BCUT2D eigenvalue weighted by atomic mass is 16.5. The monoisotopic (exact) mass is 180 g/mol. The molecule has 0 aliphatic rings. The summed E-state index contributed by atoms with van der Waals surface area (Å²) in [6.45, 7) is 3.71. The minimum Gasteiger partial charge on any atom is -0.478 e.